The highest BCUT2D eigenvalue weighted by Gasteiger charge is 2.53. The molecule has 1 aromatic carbocycles. The predicted octanol–water partition coefficient (Wildman–Crippen LogP) is 6.85. The van der Waals surface area contributed by atoms with Gasteiger partial charge in [0.05, 0.1) is 37.6 Å². The third-order valence-corrected chi connectivity index (χ3v) is 9.08. The Kier molecular flexibility index (Phi) is 27.6. The van der Waals surface area contributed by atoms with E-state index in [4.69, 9.17) is 21.1 Å². The number of hydrogen-bond acceptors (Lipinski definition) is 10. The Labute approximate surface area is 328 Å². The van der Waals surface area contributed by atoms with E-state index >= 15 is 0 Å². The van der Waals surface area contributed by atoms with Gasteiger partial charge in [-0.25, -0.2) is 0 Å². The Balaban J connectivity index is 0. The van der Waals surface area contributed by atoms with E-state index in [9.17, 15) is 31.5 Å². The van der Waals surface area contributed by atoms with Crippen LogP contribution in [0.2, 0.25) is 5.02 Å². The topological polar surface area (TPSA) is 133 Å². The highest BCUT2D eigenvalue weighted by Crippen LogP contribution is 2.50. The summed E-state index contributed by atoms with van der Waals surface area (Å²) >= 11 is 5.75. The number of likely N-dealkylation sites (N-methyl/N-ethyl adjacent to an activating group) is 1. The van der Waals surface area contributed by atoms with Crippen LogP contribution in [0.1, 0.15) is 70.9 Å². The van der Waals surface area contributed by atoms with Crippen molar-refractivity contribution < 1.29 is 41.1 Å². The van der Waals surface area contributed by atoms with Crippen LogP contribution in [-0.2, 0) is 31.8 Å². The second-order valence-corrected chi connectivity index (χ2v) is 12.9. The summed E-state index contributed by atoms with van der Waals surface area (Å²) in [5.41, 5.74) is 6.17. The van der Waals surface area contributed by atoms with Crippen LogP contribution < -0.4 is 11.1 Å². The Bertz CT molecular complexity index is 1340. The number of carbonyl (C=O) groups excluding carboxylic acids is 3. The van der Waals surface area contributed by atoms with Crippen LogP contribution >= 0.6 is 11.6 Å². The standard InChI is InChI=1S/C11H21N3O.C10H10ClF3N2.C7H10F2O.C7H11NO.C2H6.CH3NO/c1-4-10(12-2)11(9-15)14-7-5-13(3)6-8-14;1-15-16(2)6-7-3-4-8(5-9(7)11)10(12,13)14;1-6(3-2-4-6)7(8,9)5-10;1-8-6-7-2-4-9-5-3-7;1-2;2-1-3/h9,12H,4-8H2,1-3H3;3-5H,1,6H2,2H3;5H,2-4H2,1H3;2H,1,3-6H2;1-2H3;1H,(H2,2,3)/b11-10+;;;;;. The van der Waals surface area contributed by atoms with Gasteiger partial charge in [0.15, 0.2) is 12.6 Å². The summed E-state index contributed by atoms with van der Waals surface area (Å²) in [7, 11) is 5.64. The fourth-order valence-electron chi connectivity index (χ4n) is 5.05. The maximum absolute atomic E-state index is 12.6. The lowest BCUT2D eigenvalue weighted by atomic mass is 9.66. The van der Waals surface area contributed by atoms with Crippen molar-refractivity contribution in [2.24, 2.45) is 21.2 Å². The summed E-state index contributed by atoms with van der Waals surface area (Å²) in [6, 6.07) is 3.25. The molecule has 2 heterocycles. The van der Waals surface area contributed by atoms with Gasteiger partial charge in [0.25, 0.3) is 0 Å². The lowest BCUT2D eigenvalue weighted by molar-refractivity contribution is -0.163. The van der Waals surface area contributed by atoms with E-state index in [1.54, 1.807) is 7.05 Å². The molecule has 1 saturated carbocycles. The molecular formula is C38H61ClF5N7O4. The molecule has 17 heteroatoms. The van der Waals surface area contributed by atoms with E-state index in [-0.39, 0.29) is 17.7 Å². The maximum atomic E-state index is 12.6. The van der Waals surface area contributed by atoms with Crippen molar-refractivity contribution in [1.82, 2.24) is 20.1 Å². The summed E-state index contributed by atoms with van der Waals surface area (Å²) in [6.07, 6.45) is 2.36. The number of piperazine rings is 1. The number of amides is 1. The Morgan fingerprint density at radius 3 is 2.04 bits per heavy atom. The molecule has 2 fully saturated rings. The average Bonchev–Trinajstić information content (AvgIpc) is 3.16. The summed E-state index contributed by atoms with van der Waals surface area (Å²) in [4.78, 5) is 37.8. The summed E-state index contributed by atoms with van der Waals surface area (Å²) < 4.78 is 67.3. The molecule has 0 atom stereocenters. The highest BCUT2D eigenvalue weighted by molar-refractivity contribution is 6.31. The lowest BCUT2D eigenvalue weighted by Gasteiger charge is -2.41. The number of aliphatic imine (C=N–C) groups is 1. The molecule has 314 valence electrons. The number of hydrazone groups is 1. The number of halogens is 6. The second-order valence-electron chi connectivity index (χ2n) is 12.5. The van der Waals surface area contributed by atoms with Crippen LogP contribution in [-0.4, -0.2) is 120 Å². The lowest BCUT2D eigenvalue weighted by Crippen LogP contribution is -2.45. The van der Waals surface area contributed by atoms with Crippen LogP contribution in [0.15, 0.2) is 51.3 Å². The number of primary amides is 1. The number of ether oxygens (including phenoxy) is 1. The van der Waals surface area contributed by atoms with Gasteiger partial charge in [-0.2, -0.15) is 27.1 Å². The molecule has 1 saturated heterocycles. The molecule has 55 heavy (non-hydrogen) atoms. The van der Waals surface area contributed by atoms with Crippen LogP contribution in [0, 0.1) is 5.41 Å². The van der Waals surface area contributed by atoms with Gasteiger partial charge < -0.3 is 25.6 Å². The third-order valence-electron chi connectivity index (χ3n) is 8.72. The summed E-state index contributed by atoms with van der Waals surface area (Å²) in [5, 5.41) is 8.26. The molecule has 1 aliphatic carbocycles. The molecule has 1 amide bonds. The number of aldehydes is 2. The molecule has 2 aliphatic heterocycles. The molecule has 4 rings (SSSR count). The molecule has 11 nitrogen and oxygen atoms in total. The summed E-state index contributed by atoms with van der Waals surface area (Å²) in [5.74, 6) is -3.11. The second kappa shape index (κ2) is 28.5. The Morgan fingerprint density at radius 1 is 1.11 bits per heavy atom. The number of hydrogen-bond donors (Lipinski definition) is 2. The Morgan fingerprint density at radius 2 is 1.69 bits per heavy atom. The van der Waals surface area contributed by atoms with Gasteiger partial charge in [-0.1, -0.05) is 57.9 Å². The van der Waals surface area contributed by atoms with Crippen molar-refractivity contribution in [2.75, 3.05) is 67.1 Å². The van der Waals surface area contributed by atoms with Crippen molar-refractivity contribution in [3.63, 3.8) is 0 Å². The first kappa shape index (κ1) is 53.2. The van der Waals surface area contributed by atoms with E-state index < -0.39 is 23.1 Å². The minimum absolute atomic E-state index is 0.0744. The average molecular weight is 810 g/mol. The van der Waals surface area contributed by atoms with Crippen molar-refractivity contribution >= 4 is 44.0 Å². The number of rotatable bonds is 11. The van der Waals surface area contributed by atoms with Crippen molar-refractivity contribution in [2.45, 2.75) is 78.4 Å². The van der Waals surface area contributed by atoms with E-state index in [0.717, 1.165) is 95.0 Å². The van der Waals surface area contributed by atoms with Crippen molar-refractivity contribution in [1.29, 1.82) is 0 Å². The fraction of sp³-hybridized carbons (Fsp3) is 0.605. The van der Waals surface area contributed by atoms with Gasteiger partial charge >= 0.3 is 12.1 Å². The third kappa shape index (κ3) is 20.0. The van der Waals surface area contributed by atoms with Crippen LogP contribution in [0.3, 0.4) is 0 Å². The molecule has 0 aromatic heterocycles. The SMILES string of the molecule is C=NCC1=CCOCC1.C=NN(C)Cc1ccc(C(F)(F)F)cc1Cl.CC.CC/C(NC)=C(/C=O)N1CCN(C)CC1.CC1(C(F)(F)C=O)CCC1.NC=O. The van der Waals surface area contributed by atoms with E-state index in [0.29, 0.717) is 24.9 Å². The first-order valence-corrected chi connectivity index (χ1v) is 18.3. The quantitative estimate of drug-likeness (QED) is 0.0620. The summed E-state index contributed by atoms with van der Waals surface area (Å²) in [6.45, 7) is 20.9. The number of nitrogens with one attached hydrogen (secondary N) is 1. The zero-order chi connectivity index (χ0) is 42.7. The minimum Gasteiger partial charge on any atom is -0.390 e. The minimum atomic E-state index is -4.37. The van der Waals surface area contributed by atoms with Crippen molar-refractivity contribution in [3.05, 3.63) is 57.4 Å². The molecular weight excluding hydrogens is 749 g/mol. The predicted molar refractivity (Wildman–Crippen MR) is 211 cm³/mol. The van der Waals surface area contributed by atoms with Gasteiger partial charge in [-0.15, -0.1) is 0 Å². The number of nitrogens with zero attached hydrogens (tertiary/aromatic N) is 5. The smallest absolute Gasteiger partial charge is 0.390 e. The first-order valence-electron chi connectivity index (χ1n) is 17.9. The zero-order valence-electron chi connectivity index (χ0n) is 33.4. The normalized spacial score (nSPS) is 16.4. The van der Waals surface area contributed by atoms with Gasteiger partial charge in [0, 0.05) is 63.1 Å². The molecule has 0 bridgehead atoms. The number of nitrogens with two attached hydrogens (primary N) is 1. The van der Waals surface area contributed by atoms with Gasteiger partial charge in [-0.05, 0) is 62.7 Å². The molecule has 0 spiro atoms. The molecule has 0 unspecified atom stereocenters. The van der Waals surface area contributed by atoms with E-state index in [1.807, 2.05) is 20.9 Å². The number of carbonyl (C=O) groups is 3. The molecule has 1 aromatic rings. The molecule has 0 radical (unpaired) electrons. The monoisotopic (exact) mass is 809 g/mol. The largest absolute Gasteiger partial charge is 0.416 e. The van der Waals surface area contributed by atoms with Gasteiger partial charge in [0.1, 0.15) is 0 Å². The van der Waals surface area contributed by atoms with Crippen LogP contribution in [0.4, 0.5) is 22.0 Å². The van der Waals surface area contributed by atoms with Gasteiger partial charge in [-0.3, -0.25) is 24.4 Å². The van der Waals surface area contributed by atoms with Crippen molar-refractivity contribution in [3.8, 4) is 0 Å². The fourth-order valence-corrected chi connectivity index (χ4v) is 5.29. The molecule has 3 N–H and O–H groups in total. The van der Waals surface area contributed by atoms with Gasteiger partial charge in [0.2, 0.25) is 6.41 Å². The van der Waals surface area contributed by atoms with Crippen LogP contribution in [0.25, 0.3) is 0 Å². The maximum Gasteiger partial charge on any atom is 0.416 e. The zero-order valence-corrected chi connectivity index (χ0v) is 34.1. The van der Waals surface area contributed by atoms with E-state index in [1.165, 1.54) is 23.6 Å². The number of alkyl halides is 5. The molecule has 3 aliphatic rings. The number of allylic oxidation sites excluding steroid dienone is 2. The first-order chi connectivity index (χ1) is 25.9. The number of benzene rings is 1. The highest BCUT2D eigenvalue weighted by atomic mass is 35.5. The Hall–Kier alpha value is -3.89. The van der Waals surface area contributed by atoms with Crippen LogP contribution in [0.5, 0.6) is 0 Å². The van der Waals surface area contributed by atoms with E-state index in [2.05, 4.69) is 64.4 Å².